The Morgan fingerprint density at radius 2 is 1.81 bits per heavy atom. The average molecular weight is 433 g/mol. The van der Waals surface area contributed by atoms with Gasteiger partial charge in [0.2, 0.25) is 5.91 Å². The summed E-state index contributed by atoms with van der Waals surface area (Å²) in [7, 11) is 0. The molecule has 0 spiro atoms. The maximum atomic E-state index is 13.2. The van der Waals surface area contributed by atoms with Crippen LogP contribution < -0.4 is 0 Å². The molecular weight excluding hydrogens is 412 g/mol. The lowest BCUT2D eigenvalue weighted by molar-refractivity contribution is -0.137. The number of nitrogens with zero attached hydrogens (tertiary/aromatic N) is 2. The van der Waals surface area contributed by atoms with E-state index in [1.165, 1.54) is 0 Å². The number of carbonyl (C=O) groups is 2. The van der Waals surface area contributed by atoms with Crippen LogP contribution in [0.2, 0.25) is 5.02 Å². The van der Waals surface area contributed by atoms with Gasteiger partial charge in [-0.3, -0.25) is 9.59 Å². The Hall–Kier alpha value is -3.31. The lowest BCUT2D eigenvalue weighted by atomic mass is 10.00. The second-order valence-corrected chi connectivity index (χ2v) is 8.38. The van der Waals surface area contributed by atoms with Crippen molar-refractivity contribution in [3.63, 3.8) is 0 Å². The summed E-state index contributed by atoms with van der Waals surface area (Å²) >= 11 is 6.23. The van der Waals surface area contributed by atoms with Crippen LogP contribution in [0.15, 0.2) is 60.7 Å². The summed E-state index contributed by atoms with van der Waals surface area (Å²) in [6, 6.07) is 19.6. The molecule has 3 aromatic carbocycles. The molecule has 5 rings (SSSR count). The summed E-state index contributed by atoms with van der Waals surface area (Å²) in [5.74, 6) is -0.813. The molecule has 5 nitrogen and oxygen atoms in total. The predicted octanol–water partition coefficient (Wildman–Crippen LogP) is 4.66. The van der Waals surface area contributed by atoms with Crippen LogP contribution in [-0.2, 0) is 35.5 Å². The number of benzene rings is 3. The van der Waals surface area contributed by atoms with Crippen LogP contribution in [0.5, 0.6) is 0 Å². The summed E-state index contributed by atoms with van der Waals surface area (Å²) in [5.41, 5.74) is 3.84. The van der Waals surface area contributed by atoms with Gasteiger partial charge in [0.1, 0.15) is 6.54 Å². The minimum Gasteiger partial charge on any atom is -0.480 e. The van der Waals surface area contributed by atoms with Crippen molar-refractivity contribution in [1.29, 1.82) is 0 Å². The fraction of sp³-hybridized carbons (Fsp3) is 0.200. The van der Waals surface area contributed by atoms with Crippen molar-refractivity contribution >= 4 is 45.2 Å². The first-order chi connectivity index (χ1) is 15.0. The monoisotopic (exact) mass is 432 g/mol. The van der Waals surface area contributed by atoms with Crippen molar-refractivity contribution in [2.24, 2.45) is 0 Å². The van der Waals surface area contributed by atoms with Gasteiger partial charge in [0.25, 0.3) is 0 Å². The van der Waals surface area contributed by atoms with E-state index in [1.54, 1.807) is 6.07 Å². The van der Waals surface area contributed by atoms with Crippen LogP contribution in [0.25, 0.3) is 21.7 Å². The van der Waals surface area contributed by atoms with E-state index in [1.807, 2.05) is 51.9 Å². The molecule has 6 heteroatoms. The molecule has 0 saturated heterocycles. The van der Waals surface area contributed by atoms with Crippen molar-refractivity contribution in [2.45, 2.75) is 25.9 Å². The standard InChI is InChI=1S/C25H21ClN2O3/c26-18-8-9-22-20(13-18)21-14-27(11-10-23(21)28(22)15-25(30)31)24(29)12-17-6-3-5-16-4-1-2-7-19(16)17/h1-9,13H,10-12,14-15H2,(H,30,31). The van der Waals surface area contributed by atoms with Crippen molar-refractivity contribution in [2.75, 3.05) is 6.54 Å². The van der Waals surface area contributed by atoms with E-state index >= 15 is 0 Å². The molecule has 0 radical (unpaired) electrons. The topological polar surface area (TPSA) is 62.5 Å². The number of halogens is 1. The third-order valence-corrected chi connectivity index (χ3v) is 6.32. The first-order valence-corrected chi connectivity index (χ1v) is 10.6. The SMILES string of the molecule is O=C(O)Cn1c2c(c3cc(Cl)ccc31)CN(C(=O)Cc1cccc3ccccc13)CC2. The fourth-order valence-electron chi connectivity index (χ4n) is 4.67. The van der Waals surface area contributed by atoms with Crippen molar-refractivity contribution in [3.8, 4) is 0 Å². The second-order valence-electron chi connectivity index (χ2n) is 7.95. The quantitative estimate of drug-likeness (QED) is 0.510. The van der Waals surface area contributed by atoms with Crippen LogP contribution in [0.3, 0.4) is 0 Å². The number of carboxylic acid groups (broad SMARTS) is 1. The number of rotatable bonds is 4. The smallest absolute Gasteiger partial charge is 0.323 e. The van der Waals surface area contributed by atoms with Crippen molar-refractivity contribution in [3.05, 3.63) is 82.5 Å². The zero-order valence-corrected chi connectivity index (χ0v) is 17.6. The van der Waals surface area contributed by atoms with Crippen LogP contribution in [0.4, 0.5) is 0 Å². The van der Waals surface area contributed by atoms with Gasteiger partial charge in [-0.25, -0.2) is 0 Å². The molecule has 2 heterocycles. The molecule has 0 saturated carbocycles. The van der Waals surface area contributed by atoms with E-state index < -0.39 is 5.97 Å². The number of aromatic nitrogens is 1. The molecule has 1 aliphatic rings. The average Bonchev–Trinajstić information content (AvgIpc) is 3.05. The Morgan fingerprint density at radius 1 is 1.00 bits per heavy atom. The van der Waals surface area contributed by atoms with Gasteiger partial charge < -0.3 is 14.6 Å². The third kappa shape index (κ3) is 3.55. The molecule has 0 bridgehead atoms. The molecule has 0 fully saturated rings. The van der Waals surface area contributed by atoms with E-state index in [0.717, 1.165) is 38.5 Å². The summed E-state index contributed by atoms with van der Waals surface area (Å²) in [5, 5.41) is 13.1. The molecule has 1 aromatic heterocycles. The third-order valence-electron chi connectivity index (χ3n) is 6.08. The molecule has 0 atom stereocenters. The molecular formula is C25H21ClN2O3. The van der Waals surface area contributed by atoms with E-state index in [4.69, 9.17) is 11.6 Å². The minimum absolute atomic E-state index is 0.0724. The molecule has 1 amide bonds. The molecule has 4 aromatic rings. The van der Waals surface area contributed by atoms with E-state index in [2.05, 4.69) is 12.1 Å². The first kappa shape index (κ1) is 19.6. The maximum absolute atomic E-state index is 13.2. The highest BCUT2D eigenvalue weighted by Crippen LogP contribution is 2.33. The molecule has 31 heavy (non-hydrogen) atoms. The molecule has 1 aliphatic heterocycles. The van der Waals surface area contributed by atoms with Gasteiger partial charge in [-0.05, 0) is 34.5 Å². The van der Waals surface area contributed by atoms with Crippen molar-refractivity contribution < 1.29 is 14.7 Å². The van der Waals surface area contributed by atoms with Crippen LogP contribution in [0, 0.1) is 0 Å². The van der Waals surface area contributed by atoms with Gasteiger partial charge in [0.05, 0.1) is 6.42 Å². The van der Waals surface area contributed by atoms with Gasteiger partial charge in [-0.15, -0.1) is 0 Å². The van der Waals surface area contributed by atoms with Crippen molar-refractivity contribution in [1.82, 2.24) is 9.47 Å². The number of carboxylic acids is 1. The number of aliphatic carboxylic acids is 1. The highest BCUT2D eigenvalue weighted by molar-refractivity contribution is 6.31. The Kier molecular flexibility index (Phi) is 4.91. The highest BCUT2D eigenvalue weighted by atomic mass is 35.5. The van der Waals surface area contributed by atoms with E-state index in [0.29, 0.717) is 31.0 Å². The Balaban J connectivity index is 1.47. The van der Waals surface area contributed by atoms with Crippen LogP contribution in [0.1, 0.15) is 16.8 Å². The van der Waals surface area contributed by atoms with Gasteiger partial charge >= 0.3 is 5.97 Å². The minimum atomic E-state index is -0.885. The normalized spacial score (nSPS) is 13.5. The number of carbonyl (C=O) groups excluding carboxylic acids is 1. The lowest BCUT2D eigenvalue weighted by Crippen LogP contribution is -2.37. The largest absolute Gasteiger partial charge is 0.480 e. The Labute approximate surface area is 184 Å². The highest BCUT2D eigenvalue weighted by Gasteiger charge is 2.27. The Bertz CT molecular complexity index is 1340. The van der Waals surface area contributed by atoms with Crippen LogP contribution in [-0.4, -0.2) is 33.0 Å². The van der Waals surface area contributed by atoms with Gasteiger partial charge in [-0.1, -0.05) is 54.1 Å². The fourth-order valence-corrected chi connectivity index (χ4v) is 4.84. The Morgan fingerprint density at radius 3 is 2.65 bits per heavy atom. The molecule has 0 aliphatic carbocycles. The second kappa shape index (κ2) is 7.75. The summed E-state index contributed by atoms with van der Waals surface area (Å²) < 4.78 is 1.84. The lowest BCUT2D eigenvalue weighted by Gasteiger charge is -2.28. The zero-order valence-electron chi connectivity index (χ0n) is 16.8. The van der Waals surface area contributed by atoms with Gasteiger partial charge in [-0.2, -0.15) is 0 Å². The number of hydrogen-bond donors (Lipinski definition) is 1. The van der Waals surface area contributed by atoms with Gasteiger partial charge in [0.15, 0.2) is 0 Å². The zero-order chi connectivity index (χ0) is 21.5. The first-order valence-electron chi connectivity index (χ1n) is 10.3. The van der Waals surface area contributed by atoms with E-state index in [-0.39, 0.29) is 12.5 Å². The number of hydrogen-bond acceptors (Lipinski definition) is 2. The predicted molar refractivity (Wildman–Crippen MR) is 121 cm³/mol. The molecule has 0 unspecified atom stereocenters. The molecule has 156 valence electrons. The summed E-state index contributed by atoms with van der Waals surface area (Å²) in [4.78, 5) is 26.5. The number of amides is 1. The van der Waals surface area contributed by atoms with E-state index in [9.17, 15) is 14.7 Å². The maximum Gasteiger partial charge on any atom is 0.323 e. The number of fused-ring (bicyclic) bond motifs is 4. The molecule has 1 N–H and O–H groups in total. The van der Waals surface area contributed by atoms with Crippen LogP contribution >= 0.6 is 11.6 Å². The summed E-state index contributed by atoms with van der Waals surface area (Å²) in [6.07, 6.45) is 0.960. The van der Waals surface area contributed by atoms with Gasteiger partial charge in [0, 0.05) is 46.7 Å². The summed E-state index contributed by atoms with van der Waals surface area (Å²) in [6.45, 7) is 0.931.